The first-order valence-corrected chi connectivity index (χ1v) is 7.28. The first-order valence-electron chi connectivity index (χ1n) is 7.28. The van der Waals surface area contributed by atoms with Crippen LogP contribution in [0.5, 0.6) is 0 Å². The van der Waals surface area contributed by atoms with E-state index in [1.54, 1.807) is 0 Å². The van der Waals surface area contributed by atoms with Crippen LogP contribution in [0.4, 0.5) is 5.69 Å². The summed E-state index contributed by atoms with van der Waals surface area (Å²) >= 11 is 0. The largest absolute Gasteiger partial charge is 0.328 e. The molecule has 112 valence electrons. The van der Waals surface area contributed by atoms with Gasteiger partial charge in [-0.25, -0.2) is 0 Å². The Bertz CT molecular complexity index is 624. The van der Waals surface area contributed by atoms with Crippen molar-refractivity contribution in [3.05, 3.63) is 42.5 Å². The summed E-state index contributed by atoms with van der Waals surface area (Å²) < 4.78 is 0. The van der Waals surface area contributed by atoms with E-state index in [1.807, 2.05) is 30.3 Å². The van der Waals surface area contributed by atoms with Crippen LogP contribution in [-0.2, 0) is 4.79 Å². The molecular formula is C17H21ClN2O. The zero-order valence-electron chi connectivity index (χ0n) is 11.9. The van der Waals surface area contributed by atoms with Gasteiger partial charge in [-0.2, -0.15) is 0 Å². The van der Waals surface area contributed by atoms with E-state index >= 15 is 0 Å². The highest BCUT2D eigenvalue weighted by molar-refractivity contribution is 6.02. The van der Waals surface area contributed by atoms with Crippen LogP contribution >= 0.6 is 12.4 Å². The maximum absolute atomic E-state index is 12.4. The minimum Gasteiger partial charge on any atom is -0.328 e. The van der Waals surface area contributed by atoms with Gasteiger partial charge in [0.05, 0.1) is 0 Å². The Labute approximate surface area is 131 Å². The molecule has 2 unspecified atom stereocenters. The molecule has 0 aromatic heterocycles. The number of hydrogen-bond acceptors (Lipinski definition) is 2. The molecule has 0 radical (unpaired) electrons. The maximum atomic E-state index is 12.4. The normalized spacial score (nSPS) is 21.6. The highest BCUT2D eigenvalue weighted by Crippen LogP contribution is 2.27. The molecule has 0 saturated heterocycles. The predicted octanol–water partition coefficient (Wildman–Crippen LogP) is 3.72. The van der Waals surface area contributed by atoms with E-state index in [-0.39, 0.29) is 30.3 Å². The highest BCUT2D eigenvalue weighted by atomic mass is 35.5. The lowest BCUT2D eigenvalue weighted by molar-refractivity contribution is -0.120. The fraction of sp³-hybridized carbons (Fsp3) is 0.353. The van der Waals surface area contributed by atoms with Crippen LogP contribution in [0.2, 0.25) is 0 Å². The molecule has 2 atom stereocenters. The summed E-state index contributed by atoms with van der Waals surface area (Å²) in [6, 6.07) is 14.3. The molecule has 4 heteroatoms. The zero-order valence-corrected chi connectivity index (χ0v) is 12.7. The molecule has 2 aromatic rings. The first kappa shape index (κ1) is 15.8. The number of benzene rings is 2. The van der Waals surface area contributed by atoms with Crippen LogP contribution in [0, 0.1) is 5.92 Å². The molecule has 1 saturated carbocycles. The van der Waals surface area contributed by atoms with E-state index in [2.05, 4.69) is 17.4 Å². The lowest BCUT2D eigenvalue weighted by atomic mass is 9.85. The number of nitrogens with one attached hydrogen (secondary N) is 1. The highest BCUT2D eigenvalue weighted by Gasteiger charge is 2.25. The quantitative estimate of drug-likeness (QED) is 0.888. The third-order valence-corrected chi connectivity index (χ3v) is 4.13. The molecule has 3 rings (SSSR count). The van der Waals surface area contributed by atoms with Gasteiger partial charge in [-0.05, 0) is 30.7 Å². The lowest BCUT2D eigenvalue weighted by Gasteiger charge is -2.25. The van der Waals surface area contributed by atoms with E-state index in [9.17, 15) is 4.79 Å². The van der Waals surface area contributed by atoms with E-state index < -0.39 is 0 Å². The summed E-state index contributed by atoms with van der Waals surface area (Å²) in [6.45, 7) is 0. The topological polar surface area (TPSA) is 55.1 Å². The Kier molecular flexibility index (Phi) is 5.21. The fourth-order valence-corrected chi connectivity index (χ4v) is 3.03. The number of amides is 1. The van der Waals surface area contributed by atoms with Gasteiger partial charge in [0, 0.05) is 23.0 Å². The SMILES string of the molecule is Cl.NC1CCCC(C(=O)Nc2cccc3ccccc23)C1. The van der Waals surface area contributed by atoms with Gasteiger partial charge in [0.15, 0.2) is 0 Å². The van der Waals surface area contributed by atoms with Gasteiger partial charge in [0.25, 0.3) is 0 Å². The Hall–Kier alpha value is -1.58. The first-order chi connectivity index (χ1) is 9.74. The van der Waals surface area contributed by atoms with Gasteiger partial charge in [-0.15, -0.1) is 12.4 Å². The van der Waals surface area contributed by atoms with Gasteiger partial charge < -0.3 is 11.1 Å². The second-order valence-corrected chi connectivity index (χ2v) is 5.64. The Balaban J connectivity index is 0.00000161. The smallest absolute Gasteiger partial charge is 0.227 e. The summed E-state index contributed by atoms with van der Waals surface area (Å²) in [4.78, 5) is 12.4. The number of rotatable bonds is 2. The zero-order chi connectivity index (χ0) is 13.9. The van der Waals surface area contributed by atoms with Crippen LogP contribution in [0.3, 0.4) is 0 Å². The summed E-state index contributed by atoms with van der Waals surface area (Å²) in [5.41, 5.74) is 6.86. The van der Waals surface area contributed by atoms with Crippen molar-refractivity contribution in [2.24, 2.45) is 11.7 Å². The summed E-state index contributed by atoms with van der Waals surface area (Å²) in [5, 5.41) is 5.31. The molecule has 0 aliphatic heterocycles. The second-order valence-electron chi connectivity index (χ2n) is 5.64. The number of carbonyl (C=O) groups is 1. The number of anilines is 1. The number of carbonyl (C=O) groups excluding carboxylic acids is 1. The molecule has 2 aromatic carbocycles. The summed E-state index contributed by atoms with van der Waals surface area (Å²) in [7, 11) is 0. The van der Waals surface area contributed by atoms with Gasteiger partial charge in [0.1, 0.15) is 0 Å². The minimum atomic E-state index is 0. The predicted molar refractivity (Wildman–Crippen MR) is 89.8 cm³/mol. The monoisotopic (exact) mass is 304 g/mol. The summed E-state index contributed by atoms with van der Waals surface area (Å²) in [6.07, 6.45) is 3.84. The molecule has 1 aliphatic rings. The average Bonchev–Trinajstić information content (AvgIpc) is 2.47. The number of fused-ring (bicyclic) bond motifs is 1. The maximum Gasteiger partial charge on any atom is 0.227 e. The molecule has 1 fully saturated rings. The molecule has 1 aliphatic carbocycles. The van der Waals surface area contributed by atoms with Crippen molar-refractivity contribution < 1.29 is 4.79 Å². The van der Waals surface area contributed by atoms with Crippen molar-refractivity contribution in [2.45, 2.75) is 31.7 Å². The number of hydrogen-bond donors (Lipinski definition) is 2. The molecule has 0 heterocycles. The van der Waals surface area contributed by atoms with E-state index in [0.29, 0.717) is 0 Å². The van der Waals surface area contributed by atoms with Gasteiger partial charge in [-0.1, -0.05) is 42.8 Å². The van der Waals surface area contributed by atoms with E-state index in [0.717, 1.165) is 42.1 Å². The van der Waals surface area contributed by atoms with Crippen LogP contribution in [0.15, 0.2) is 42.5 Å². The second kappa shape index (κ2) is 6.92. The van der Waals surface area contributed by atoms with Crippen molar-refractivity contribution in [3.8, 4) is 0 Å². The number of nitrogens with two attached hydrogens (primary N) is 1. The molecule has 3 N–H and O–H groups in total. The van der Waals surface area contributed by atoms with Crippen molar-refractivity contribution in [3.63, 3.8) is 0 Å². The Morgan fingerprint density at radius 3 is 2.67 bits per heavy atom. The van der Waals surface area contributed by atoms with Crippen molar-refractivity contribution in [2.75, 3.05) is 5.32 Å². The molecule has 3 nitrogen and oxygen atoms in total. The Morgan fingerprint density at radius 1 is 1.10 bits per heavy atom. The molecule has 21 heavy (non-hydrogen) atoms. The van der Waals surface area contributed by atoms with Crippen molar-refractivity contribution in [1.29, 1.82) is 0 Å². The van der Waals surface area contributed by atoms with Gasteiger partial charge in [-0.3, -0.25) is 4.79 Å². The van der Waals surface area contributed by atoms with Gasteiger partial charge >= 0.3 is 0 Å². The third-order valence-electron chi connectivity index (χ3n) is 4.13. The molecule has 0 spiro atoms. The third kappa shape index (κ3) is 3.55. The minimum absolute atomic E-state index is 0. The average molecular weight is 305 g/mol. The fourth-order valence-electron chi connectivity index (χ4n) is 3.03. The van der Waals surface area contributed by atoms with Crippen LogP contribution < -0.4 is 11.1 Å². The molecular weight excluding hydrogens is 284 g/mol. The van der Waals surface area contributed by atoms with Crippen molar-refractivity contribution >= 4 is 34.8 Å². The van der Waals surface area contributed by atoms with E-state index in [1.165, 1.54) is 0 Å². The van der Waals surface area contributed by atoms with Crippen molar-refractivity contribution in [1.82, 2.24) is 0 Å². The summed E-state index contributed by atoms with van der Waals surface area (Å²) in [5.74, 6) is 0.161. The lowest BCUT2D eigenvalue weighted by Crippen LogP contribution is -2.34. The number of halogens is 1. The Morgan fingerprint density at radius 2 is 1.86 bits per heavy atom. The van der Waals surface area contributed by atoms with Crippen LogP contribution in [0.25, 0.3) is 10.8 Å². The molecule has 0 bridgehead atoms. The van der Waals surface area contributed by atoms with Crippen LogP contribution in [-0.4, -0.2) is 11.9 Å². The van der Waals surface area contributed by atoms with E-state index in [4.69, 9.17) is 5.73 Å². The van der Waals surface area contributed by atoms with Crippen LogP contribution in [0.1, 0.15) is 25.7 Å². The molecule has 1 amide bonds. The standard InChI is InChI=1S/C17H20N2O.ClH/c18-14-8-3-7-13(11-14)17(20)19-16-10-4-6-12-5-1-2-9-15(12)16;/h1-2,4-6,9-10,13-14H,3,7-8,11,18H2,(H,19,20);1H. The van der Waals surface area contributed by atoms with Gasteiger partial charge in [0.2, 0.25) is 5.91 Å².